The highest BCUT2D eigenvalue weighted by atomic mass is 35.5. The Balaban J connectivity index is 1.38. The Labute approximate surface area is 205 Å². The van der Waals surface area contributed by atoms with Crippen LogP contribution in [0.25, 0.3) is 33.4 Å². The average Bonchev–Trinajstić information content (AvgIpc) is 2.87. The number of nitrogens with one attached hydrogen (secondary N) is 1. The second kappa shape index (κ2) is 9.39. The third kappa shape index (κ3) is 4.98. The Bertz CT molecular complexity index is 1500. The number of aromatic nitrogens is 2. The maximum absolute atomic E-state index is 13.4. The van der Waals surface area contributed by atoms with Crippen LogP contribution in [0.5, 0.6) is 0 Å². The smallest absolute Gasteiger partial charge is 0.380 e. The molecule has 0 aliphatic carbocycles. The van der Waals surface area contributed by atoms with E-state index in [2.05, 4.69) is 15.3 Å². The Kier molecular flexibility index (Phi) is 6.14. The normalized spacial score (nSPS) is 11.5. The maximum atomic E-state index is 13.4. The van der Waals surface area contributed by atoms with Crippen molar-refractivity contribution in [3.05, 3.63) is 113 Å². The van der Waals surface area contributed by atoms with Crippen LogP contribution in [0.1, 0.15) is 11.1 Å². The summed E-state index contributed by atoms with van der Waals surface area (Å²) in [5.41, 5.74) is 3.76. The van der Waals surface area contributed by atoms with E-state index < -0.39 is 11.7 Å². The van der Waals surface area contributed by atoms with Gasteiger partial charge in [0.15, 0.2) is 5.82 Å². The second-order valence-corrected chi connectivity index (χ2v) is 8.47. The van der Waals surface area contributed by atoms with Crippen molar-refractivity contribution >= 4 is 28.2 Å². The van der Waals surface area contributed by atoms with Crippen molar-refractivity contribution in [3.63, 3.8) is 0 Å². The predicted octanol–water partition coefficient (Wildman–Crippen LogP) is 8.25. The van der Waals surface area contributed by atoms with Crippen LogP contribution in [-0.2, 0) is 12.7 Å². The Morgan fingerprint density at radius 3 is 2.34 bits per heavy atom. The van der Waals surface area contributed by atoms with Gasteiger partial charge in [-0.05, 0) is 47.0 Å². The molecule has 5 rings (SSSR count). The van der Waals surface area contributed by atoms with E-state index in [0.29, 0.717) is 17.1 Å². The van der Waals surface area contributed by atoms with Crippen LogP contribution >= 0.6 is 11.6 Å². The van der Waals surface area contributed by atoms with Gasteiger partial charge in [0.2, 0.25) is 0 Å². The lowest BCUT2D eigenvalue weighted by Crippen LogP contribution is -2.08. The maximum Gasteiger partial charge on any atom is 0.417 e. The number of hydrogen-bond acceptors (Lipinski definition) is 3. The van der Waals surface area contributed by atoms with Gasteiger partial charge in [-0.1, -0.05) is 72.3 Å². The van der Waals surface area contributed by atoms with E-state index in [-0.39, 0.29) is 11.4 Å². The third-order valence-electron chi connectivity index (χ3n) is 5.69. The van der Waals surface area contributed by atoms with Crippen LogP contribution in [0.2, 0.25) is 5.02 Å². The van der Waals surface area contributed by atoms with Crippen molar-refractivity contribution in [2.75, 3.05) is 5.32 Å². The molecule has 0 saturated carbocycles. The summed E-state index contributed by atoms with van der Waals surface area (Å²) >= 11 is 6.09. The second-order valence-electron chi connectivity index (χ2n) is 8.04. The molecule has 7 heteroatoms. The van der Waals surface area contributed by atoms with Crippen molar-refractivity contribution in [2.24, 2.45) is 0 Å². The molecule has 3 nitrogen and oxygen atoms in total. The minimum atomic E-state index is -4.49. The number of anilines is 1. The molecule has 0 bridgehead atoms. The first-order valence-corrected chi connectivity index (χ1v) is 11.3. The van der Waals surface area contributed by atoms with E-state index in [1.54, 1.807) is 18.3 Å². The highest BCUT2D eigenvalue weighted by Gasteiger charge is 2.34. The third-order valence-corrected chi connectivity index (χ3v) is 5.93. The molecule has 0 aliphatic rings. The van der Waals surface area contributed by atoms with Crippen LogP contribution in [0.4, 0.5) is 18.9 Å². The SMILES string of the molecule is FC(F)(F)c1ccccc1-c1ncc2c(NCc3ccc(-c4cccc(Cl)c4)cc3)cccc2n1. The summed E-state index contributed by atoms with van der Waals surface area (Å²) in [5, 5.41) is 4.81. The van der Waals surface area contributed by atoms with Gasteiger partial charge in [-0.15, -0.1) is 0 Å². The number of fused-ring (bicyclic) bond motifs is 1. The summed E-state index contributed by atoms with van der Waals surface area (Å²) in [6.07, 6.45) is -2.92. The fourth-order valence-electron chi connectivity index (χ4n) is 3.94. The highest BCUT2D eigenvalue weighted by Crippen LogP contribution is 2.36. The van der Waals surface area contributed by atoms with Crippen molar-refractivity contribution < 1.29 is 13.2 Å². The van der Waals surface area contributed by atoms with Crippen LogP contribution in [-0.4, -0.2) is 9.97 Å². The van der Waals surface area contributed by atoms with Crippen molar-refractivity contribution in [1.29, 1.82) is 0 Å². The summed E-state index contributed by atoms with van der Waals surface area (Å²) in [7, 11) is 0. The minimum absolute atomic E-state index is 0.0409. The molecule has 35 heavy (non-hydrogen) atoms. The quantitative estimate of drug-likeness (QED) is 0.270. The van der Waals surface area contributed by atoms with Crippen LogP contribution in [0.15, 0.2) is 97.2 Å². The summed E-state index contributed by atoms with van der Waals surface area (Å²) in [6, 6.07) is 26.7. The van der Waals surface area contributed by atoms with Crippen LogP contribution in [0, 0.1) is 0 Å². The number of alkyl halides is 3. The van der Waals surface area contributed by atoms with Crippen molar-refractivity contribution in [1.82, 2.24) is 9.97 Å². The van der Waals surface area contributed by atoms with E-state index >= 15 is 0 Å². The Morgan fingerprint density at radius 2 is 1.57 bits per heavy atom. The fraction of sp³-hybridized carbons (Fsp3) is 0.0714. The lowest BCUT2D eigenvalue weighted by Gasteiger charge is -2.13. The molecule has 0 atom stereocenters. The molecule has 0 amide bonds. The molecule has 5 aromatic rings. The number of halogens is 4. The van der Waals surface area contributed by atoms with Gasteiger partial charge in [-0.25, -0.2) is 9.97 Å². The first-order valence-electron chi connectivity index (χ1n) is 10.9. The molecule has 1 aromatic heterocycles. The van der Waals surface area contributed by atoms with Gasteiger partial charge in [0, 0.05) is 34.4 Å². The standard InChI is InChI=1S/C28H19ClF3N3/c29-21-6-3-5-20(15-21)19-13-11-18(12-14-19)16-33-25-9-4-10-26-23(25)17-34-27(35-26)22-7-1-2-8-24(22)28(30,31)32/h1-15,17,33H,16H2. The van der Waals surface area contributed by atoms with Crippen LogP contribution < -0.4 is 5.32 Å². The van der Waals surface area contributed by atoms with Gasteiger partial charge < -0.3 is 5.32 Å². The van der Waals surface area contributed by atoms with Crippen molar-refractivity contribution in [2.45, 2.75) is 12.7 Å². The zero-order valence-corrected chi connectivity index (χ0v) is 19.1. The zero-order valence-electron chi connectivity index (χ0n) is 18.4. The molecule has 1 N–H and O–H groups in total. The summed E-state index contributed by atoms with van der Waals surface area (Å²) < 4.78 is 40.3. The zero-order chi connectivity index (χ0) is 24.4. The van der Waals surface area contributed by atoms with Gasteiger partial charge >= 0.3 is 6.18 Å². The summed E-state index contributed by atoms with van der Waals surface area (Å²) in [6.45, 7) is 0.563. The molecule has 0 fully saturated rings. The van der Waals surface area contributed by atoms with Gasteiger partial charge in [0.05, 0.1) is 11.1 Å². The number of benzene rings is 4. The number of hydrogen-bond donors (Lipinski definition) is 1. The Hall–Kier alpha value is -3.90. The topological polar surface area (TPSA) is 37.8 Å². The first-order chi connectivity index (χ1) is 16.9. The van der Waals surface area contributed by atoms with Gasteiger partial charge in [-0.3, -0.25) is 0 Å². The van der Waals surface area contributed by atoms with E-state index in [4.69, 9.17) is 11.6 Å². The molecule has 0 unspecified atom stereocenters. The van der Waals surface area contributed by atoms with Gasteiger partial charge in [-0.2, -0.15) is 13.2 Å². The largest absolute Gasteiger partial charge is 0.417 e. The monoisotopic (exact) mass is 489 g/mol. The van der Waals surface area contributed by atoms with E-state index in [0.717, 1.165) is 33.8 Å². The molecule has 0 saturated heterocycles. The number of nitrogens with zero attached hydrogens (tertiary/aromatic N) is 2. The molecule has 174 valence electrons. The lowest BCUT2D eigenvalue weighted by atomic mass is 10.0. The minimum Gasteiger partial charge on any atom is -0.380 e. The molecular weight excluding hydrogens is 471 g/mol. The molecular formula is C28H19ClF3N3. The highest BCUT2D eigenvalue weighted by molar-refractivity contribution is 6.30. The summed E-state index contributed by atoms with van der Waals surface area (Å²) in [5.74, 6) is 0.0409. The molecule has 0 radical (unpaired) electrons. The van der Waals surface area contributed by atoms with E-state index in [1.165, 1.54) is 12.1 Å². The average molecular weight is 490 g/mol. The molecule has 1 heterocycles. The fourth-order valence-corrected chi connectivity index (χ4v) is 4.13. The lowest BCUT2D eigenvalue weighted by molar-refractivity contribution is -0.137. The molecule has 0 spiro atoms. The van der Waals surface area contributed by atoms with Crippen LogP contribution in [0.3, 0.4) is 0 Å². The predicted molar refractivity (Wildman–Crippen MR) is 134 cm³/mol. The van der Waals surface area contributed by atoms with Gasteiger partial charge in [0.1, 0.15) is 0 Å². The Morgan fingerprint density at radius 1 is 0.800 bits per heavy atom. The van der Waals surface area contributed by atoms with Gasteiger partial charge in [0.25, 0.3) is 0 Å². The number of rotatable bonds is 5. The summed E-state index contributed by atoms with van der Waals surface area (Å²) in [4.78, 5) is 8.68. The van der Waals surface area contributed by atoms with Crippen molar-refractivity contribution in [3.8, 4) is 22.5 Å². The molecule has 4 aromatic carbocycles. The molecule has 0 aliphatic heterocycles. The first kappa shape index (κ1) is 22.9. The van der Waals surface area contributed by atoms with E-state index in [9.17, 15) is 13.2 Å². The van der Waals surface area contributed by atoms with E-state index in [1.807, 2.05) is 60.7 Å².